The molecule has 1 saturated carbocycles. The van der Waals surface area contributed by atoms with Crippen molar-refractivity contribution in [1.82, 2.24) is 4.90 Å². The summed E-state index contributed by atoms with van der Waals surface area (Å²) in [4.78, 5) is 2.58. The maximum absolute atomic E-state index is 6.20. The Morgan fingerprint density at radius 3 is 2.35 bits per heavy atom. The van der Waals surface area contributed by atoms with Gasteiger partial charge in [0.2, 0.25) is 0 Å². The molecule has 2 N–H and O–H groups in total. The van der Waals surface area contributed by atoms with E-state index in [1.165, 1.54) is 25.7 Å². The lowest BCUT2D eigenvalue weighted by Gasteiger charge is -2.55. The Kier molecular flexibility index (Phi) is 4.65. The predicted molar refractivity (Wildman–Crippen MR) is 76.1 cm³/mol. The second-order valence-electron chi connectivity index (χ2n) is 6.82. The van der Waals surface area contributed by atoms with Crippen LogP contribution >= 0.6 is 0 Å². The van der Waals surface area contributed by atoms with Gasteiger partial charge in [-0.25, -0.2) is 0 Å². The summed E-state index contributed by atoms with van der Waals surface area (Å²) < 4.78 is 0. The SMILES string of the molecule is CCC(C)(C)N(C)C1(CN)CC(C)CCC1C. The molecule has 0 amide bonds. The highest BCUT2D eigenvalue weighted by Crippen LogP contribution is 2.43. The standard InChI is InChI=1S/C15H32N2/c1-7-14(4,5)17(6)15(11-16)10-12(2)8-9-13(15)3/h12-13H,7-11,16H2,1-6H3. The monoisotopic (exact) mass is 240 g/mol. The first-order valence-electron chi connectivity index (χ1n) is 7.24. The average Bonchev–Trinajstić information content (AvgIpc) is 2.31. The molecular weight excluding hydrogens is 208 g/mol. The van der Waals surface area contributed by atoms with Crippen molar-refractivity contribution in [1.29, 1.82) is 0 Å². The van der Waals surface area contributed by atoms with Crippen molar-refractivity contribution in [2.24, 2.45) is 17.6 Å². The summed E-state index contributed by atoms with van der Waals surface area (Å²) in [5.41, 5.74) is 6.65. The third kappa shape index (κ3) is 2.68. The van der Waals surface area contributed by atoms with E-state index in [0.29, 0.717) is 5.92 Å². The molecule has 1 aliphatic carbocycles. The Bertz CT molecular complexity index is 249. The molecule has 1 fully saturated rings. The smallest absolute Gasteiger partial charge is 0.0361 e. The number of hydrogen-bond donors (Lipinski definition) is 1. The Balaban J connectivity index is 3.00. The van der Waals surface area contributed by atoms with Gasteiger partial charge in [0, 0.05) is 17.6 Å². The van der Waals surface area contributed by atoms with Crippen LogP contribution in [0.4, 0.5) is 0 Å². The molecule has 0 aromatic heterocycles. The summed E-state index contributed by atoms with van der Waals surface area (Å²) in [6, 6.07) is 0. The average molecular weight is 240 g/mol. The summed E-state index contributed by atoms with van der Waals surface area (Å²) in [6.07, 6.45) is 5.11. The van der Waals surface area contributed by atoms with Crippen LogP contribution in [0.2, 0.25) is 0 Å². The minimum atomic E-state index is 0.206. The molecule has 17 heavy (non-hydrogen) atoms. The molecule has 102 valence electrons. The third-order valence-electron chi connectivity index (χ3n) is 5.51. The first kappa shape index (κ1) is 15.0. The Morgan fingerprint density at radius 1 is 1.29 bits per heavy atom. The Hall–Kier alpha value is -0.0800. The summed E-state index contributed by atoms with van der Waals surface area (Å²) in [5.74, 6) is 1.52. The highest BCUT2D eigenvalue weighted by Gasteiger charge is 2.46. The van der Waals surface area contributed by atoms with Gasteiger partial charge in [-0.2, -0.15) is 0 Å². The van der Waals surface area contributed by atoms with Gasteiger partial charge in [0.1, 0.15) is 0 Å². The van der Waals surface area contributed by atoms with Crippen LogP contribution in [0.5, 0.6) is 0 Å². The molecule has 0 radical (unpaired) electrons. The molecule has 0 heterocycles. The van der Waals surface area contributed by atoms with E-state index in [9.17, 15) is 0 Å². The maximum atomic E-state index is 6.20. The lowest BCUT2D eigenvalue weighted by atomic mass is 9.67. The molecule has 0 spiro atoms. The predicted octanol–water partition coefficient (Wildman–Crippen LogP) is 3.26. The molecule has 0 aliphatic heterocycles. The number of nitrogens with zero attached hydrogens (tertiary/aromatic N) is 1. The molecule has 2 nitrogen and oxygen atoms in total. The van der Waals surface area contributed by atoms with Crippen LogP contribution in [0.3, 0.4) is 0 Å². The zero-order valence-corrected chi connectivity index (χ0v) is 12.7. The first-order chi connectivity index (χ1) is 7.80. The van der Waals surface area contributed by atoms with Crippen LogP contribution in [0.25, 0.3) is 0 Å². The van der Waals surface area contributed by atoms with E-state index in [1.807, 2.05) is 0 Å². The van der Waals surface area contributed by atoms with Crippen molar-refractivity contribution in [2.45, 2.75) is 71.4 Å². The van der Waals surface area contributed by atoms with E-state index in [2.05, 4.69) is 46.6 Å². The summed E-state index contributed by atoms with van der Waals surface area (Å²) in [7, 11) is 2.28. The van der Waals surface area contributed by atoms with Crippen molar-refractivity contribution in [3.63, 3.8) is 0 Å². The molecule has 0 bridgehead atoms. The van der Waals surface area contributed by atoms with E-state index >= 15 is 0 Å². The van der Waals surface area contributed by atoms with Crippen LogP contribution in [0.1, 0.15) is 60.3 Å². The van der Waals surface area contributed by atoms with Gasteiger partial charge < -0.3 is 5.73 Å². The summed E-state index contributed by atoms with van der Waals surface area (Å²) in [6.45, 7) is 12.5. The normalized spacial score (nSPS) is 35.3. The van der Waals surface area contributed by atoms with Gasteiger partial charge >= 0.3 is 0 Å². The molecule has 3 unspecified atom stereocenters. The minimum Gasteiger partial charge on any atom is -0.329 e. The van der Waals surface area contributed by atoms with E-state index in [4.69, 9.17) is 5.73 Å². The summed E-state index contributed by atoms with van der Waals surface area (Å²) in [5, 5.41) is 0. The van der Waals surface area contributed by atoms with Gasteiger partial charge in [-0.3, -0.25) is 4.90 Å². The van der Waals surface area contributed by atoms with Crippen molar-refractivity contribution >= 4 is 0 Å². The molecule has 0 saturated heterocycles. The fourth-order valence-electron chi connectivity index (χ4n) is 3.44. The molecule has 2 heteroatoms. The molecule has 0 aromatic carbocycles. The number of rotatable bonds is 4. The summed E-state index contributed by atoms with van der Waals surface area (Å²) >= 11 is 0. The highest BCUT2D eigenvalue weighted by molar-refractivity contribution is 5.02. The van der Waals surface area contributed by atoms with Crippen LogP contribution in [0.15, 0.2) is 0 Å². The Labute approximate surface area is 108 Å². The topological polar surface area (TPSA) is 29.3 Å². The second-order valence-corrected chi connectivity index (χ2v) is 6.82. The molecule has 1 rings (SSSR count). The van der Waals surface area contributed by atoms with Crippen molar-refractivity contribution in [3.05, 3.63) is 0 Å². The van der Waals surface area contributed by atoms with E-state index < -0.39 is 0 Å². The van der Waals surface area contributed by atoms with Crippen molar-refractivity contribution in [3.8, 4) is 0 Å². The number of nitrogens with two attached hydrogens (primary N) is 1. The van der Waals surface area contributed by atoms with Crippen molar-refractivity contribution < 1.29 is 0 Å². The van der Waals surface area contributed by atoms with Gasteiger partial charge in [-0.15, -0.1) is 0 Å². The van der Waals surface area contributed by atoms with Crippen LogP contribution in [0, 0.1) is 11.8 Å². The fraction of sp³-hybridized carbons (Fsp3) is 1.00. The lowest BCUT2D eigenvalue weighted by molar-refractivity contribution is -0.0463. The molecule has 0 aromatic rings. The molecule has 1 aliphatic rings. The van der Waals surface area contributed by atoms with E-state index in [0.717, 1.165) is 12.5 Å². The second kappa shape index (κ2) is 5.27. The van der Waals surface area contributed by atoms with Gasteiger partial charge in [0.15, 0.2) is 0 Å². The lowest BCUT2D eigenvalue weighted by Crippen LogP contribution is -2.64. The minimum absolute atomic E-state index is 0.206. The Morgan fingerprint density at radius 2 is 1.88 bits per heavy atom. The van der Waals surface area contributed by atoms with E-state index in [1.54, 1.807) is 0 Å². The maximum Gasteiger partial charge on any atom is 0.0361 e. The van der Waals surface area contributed by atoms with Gasteiger partial charge in [0.05, 0.1) is 0 Å². The zero-order valence-electron chi connectivity index (χ0n) is 12.7. The zero-order chi connectivity index (χ0) is 13.3. The van der Waals surface area contributed by atoms with Crippen LogP contribution < -0.4 is 5.73 Å². The number of hydrogen-bond acceptors (Lipinski definition) is 2. The first-order valence-corrected chi connectivity index (χ1v) is 7.24. The fourth-order valence-corrected chi connectivity index (χ4v) is 3.44. The van der Waals surface area contributed by atoms with Gasteiger partial charge in [0.25, 0.3) is 0 Å². The quantitative estimate of drug-likeness (QED) is 0.817. The van der Waals surface area contributed by atoms with Crippen LogP contribution in [-0.4, -0.2) is 29.6 Å². The molecule has 3 atom stereocenters. The molecular formula is C15H32N2. The van der Waals surface area contributed by atoms with Crippen LogP contribution in [-0.2, 0) is 0 Å². The van der Waals surface area contributed by atoms with Crippen molar-refractivity contribution in [2.75, 3.05) is 13.6 Å². The number of likely N-dealkylation sites (N-methyl/N-ethyl adjacent to an activating group) is 1. The van der Waals surface area contributed by atoms with Gasteiger partial charge in [-0.1, -0.05) is 27.2 Å². The third-order valence-corrected chi connectivity index (χ3v) is 5.51. The van der Waals surface area contributed by atoms with E-state index in [-0.39, 0.29) is 11.1 Å². The largest absolute Gasteiger partial charge is 0.329 e. The highest BCUT2D eigenvalue weighted by atomic mass is 15.2. The van der Waals surface area contributed by atoms with Gasteiger partial charge in [-0.05, 0) is 52.0 Å².